The van der Waals surface area contributed by atoms with E-state index in [2.05, 4.69) is 10.2 Å². The summed E-state index contributed by atoms with van der Waals surface area (Å²) >= 11 is 0. The SMILES string of the molecule is Cc1[nH]nc(-c2ccccc2F)c1CO. The molecule has 2 rings (SSSR count). The second-order valence-electron chi connectivity index (χ2n) is 3.31. The average molecular weight is 206 g/mol. The minimum absolute atomic E-state index is 0.147. The number of hydrogen-bond acceptors (Lipinski definition) is 2. The van der Waals surface area contributed by atoms with E-state index in [4.69, 9.17) is 5.11 Å². The second-order valence-corrected chi connectivity index (χ2v) is 3.31. The van der Waals surface area contributed by atoms with Gasteiger partial charge < -0.3 is 5.11 Å². The number of hydrogen-bond donors (Lipinski definition) is 2. The van der Waals surface area contributed by atoms with Crippen LogP contribution in [-0.2, 0) is 6.61 Å². The van der Waals surface area contributed by atoms with E-state index >= 15 is 0 Å². The highest BCUT2D eigenvalue weighted by atomic mass is 19.1. The van der Waals surface area contributed by atoms with Crippen molar-refractivity contribution in [2.75, 3.05) is 0 Å². The lowest BCUT2D eigenvalue weighted by Gasteiger charge is -2.01. The van der Waals surface area contributed by atoms with Crippen LogP contribution in [0.5, 0.6) is 0 Å². The maximum absolute atomic E-state index is 13.5. The molecule has 0 aliphatic rings. The number of aromatic nitrogens is 2. The quantitative estimate of drug-likeness (QED) is 0.789. The predicted molar refractivity (Wildman–Crippen MR) is 54.6 cm³/mol. The number of aromatic amines is 1. The minimum Gasteiger partial charge on any atom is -0.392 e. The third kappa shape index (κ3) is 1.64. The lowest BCUT2D eigenvalue weighted by Crippen LogP contribution is -1.90. The summed E-state index contributed by atoms with van der Waals surface area (Å²) in [5, 5.41) is 15.9. The zero-order valence-corrected chi connectivity index (χ0v) is 8.29. The van der Waals surface area contributed by atoms with E-state index in [9.17, 15) is 4.39 Å². The topological polar surface area (TPSA) is 48.9 Å². The average Bonchev–Trinajstić information content (AvgIpc) is 2.60. The Morgan fingerprint density at radius 1 is 1.40 bits per heavy atom. The van der Waals surface area contributed by atoms with Crippen molar-refractivity contribution in [2.45, 2.75) is 13.5 Å². The van der Waals surface area contributed by atoms with Crippen molar-refractivity contribution < 1.29 is 9.50 Å². The van der Waals surface area contributed by atoms with Gasteiger partial charge in [0.1, 0.15) is 11.5 Å². The van der Waals surface area contributed by atoms with Crippen molar-refractivity contribution in [1.82, 2.24) is 10.2 Å². The van der Waals surface area contributed by atoms with Gasteiger partial charge in [0, 0.05) is 16.8 Å². The highest BCUT2D eigenvalue weighted by molar-refractivity contribution is 5.64. The van der Waals surface area contributed by atoms with Crippen molar-refractivity contribution in [1.29, 1.82) is 0 Å². The van der Waals surface area contributed by atoms with Gasteiger partial charge in [0.15, 0.2) is 0 Å². The van der Waals surface area contributed by atoms with Gasteiger partial charge in [0.05, 0.1) is 6.61 Å². The molecule has 1 aromatic heterocycles. The largest absolute Gasteiger partial charge is 0.392 e. The van der Waals surface area contributed by atoms with Gasteiger partial charge in [-0.1, -0.05) is 12.1 Å². The summed E-state index contributed by atoms with van der Waals surface area (Å²) in [4.78, 5) is 0. The number of nitrogens with one attached hydrogen (secondary N) is 1. The molecule has 2 aromatic rings. The second kappa shape index (κ2) is 3.82. The summed E-state index contributed by atoms with van der Waals surface area (Å²) in [6, 6.07) is 6.38. The molecule has 78 valence electrons. The number of nitrogens with zero attached hydrogens (tertiary/aromatic N) is 1. The van der Waals surface area contributed by atoms with E-state index < -0.39 is 0 Å². The van der Waals surface area contributed by atoms with Gasteiger partial charge in [-0.2, -0.15) is 5.10 Å². The summed E-state index contributed by atoms with van der Waals surface area (Å²) < 4.78 is 13.5. The van der Waals surface area contributed by atoms with Crippen molar-refractivity contribution in [3.05, 3.63) is 41.3 Å². The molecule has 0 amide bonds. The van der Waals surface area contributed by atoms with Crippen molar-refractivity contribution in [2.24, 2.45) is 0 Å². The van der Waals surface area contributed by atoms with Gasteiger partial charge in [0.25, 0.3) is 0 Å². The highest BCUT2D eigenvalue weighted by Gasteiger charge is 2.13. The van der Waals surface area contributed by atoms with Gasteiger partial charge in [-0.25, -0.2) is 4.39 Å². The number of rotatable bonds is 2. The van der Waals surface area contributed by atoms with Crippen LogP contribution in [0.25, 0.3) is 11.3 Å². The lowest BCUT2D eigenvalue weighted by atomic mass is 10.1. The molecule has 3 nitrogen and oxygen atoms in total. The Morgan fingerprint density at radius 2 is 2.13 bits per heavy atom. The van der Waals surface area contributed by atoms with Crippen LogP contribution < -0.4 is 0 Å². The molecule has 2 N–H and O–H groups in total. The first kappa shape index (κ1) is 9.86. The smallest absolute Gasteiger partial charge is 0.132 e. The van der Waals surface area contributed by atoms with Gasteiger partial charge in [-0.15, -0.1) is 0 Å². The fourth-order valence-corrected chi connectivity index (χ4v) is 1.52. The van der Waals surface area contributed by atoms with Crippen LogP contribution in [0.2, 0.25) is 0 Å². The molecule has 0 fully saturated rings. The van der Waals surface area contributed by atoms with E-state index in [1.165, 1.54) is 6.07 Å². The summed E-state index contributed by atoms with van der Waals surface area (Å²) in [6.07, 6.45) is 0. The van der Waals surface area contributed by atoms with Crippen LogP contribution >= 0.6 is 0 Å². The van der Waals surface area contributed by atoms with E-state index in [1.807, 2.05) is 0 Å². The monoisotopic (exact) mass is 206 g/mol. The summed E-state index contributed by atoms with van der Waals surface area (Å²) in [5.41, 5.74) is 2.29. The molecule has 0 aliphatic heterocycles. The number of aliphatic hydroxyl groups excluding tert-OH is 1. The Kier molecular flexibility index (Phi) is 2.51. The van der Waals surface area contributed by atoms with Gasteiger partial charge in [-0.05, 0) is 19.1 Å². The van der Waals surface area contributed by atoms with Crippen LogP contribution in [0, 0.1) is 12.7 Å². The first-order chi connectivity index (χ1) is 7.24. The molecule has 15 heavy (non-hydrogen) atoms. The first-order valence-corrected chi connectivity index (χ1v) is 4.63. The Hall–Kier alpha value is -1.68. The number of H-pyrrole nitrogens is 1. The molecule has 0 saturated carbocycles. The molecular formula is C11H11FN2O. The Morgan fingerprint density at radius 3 is 2.80 bits per heavy atom. The van der Waals surface area contributed by atoms with Gasteiger partial charge in [-0.3, -0.25) is 5.10 Å². The number of aryl methyl sites for hydroxylation is 1. The fourth-order valence-electron chi connectivity index (χ4n) is 1.52. The molecule has 1 heterocycles. The maximum atomic E-state index is 13.5. The molecule has 0 saturated heterocycles. The highest BCUT2D eigenvalue weighted by Crippen LogP contribution is 2.25. The molecule has 0 spiro atoms. The van der Waals surface area contributed by atoms with E-state index in [0.717, 1.165) is 5.69 Å². The third-order valence-corrected chi connectivity index (χ3v) is 2.36. The Balaban J connectivity index is 2.59. The Bertz CT molecular complexity index is 479. The van der Waals surface area contributed by atoms with Crippen molar-refractivity contribution >= 4 is 0 Å². The van der Waals surface area contributed by atoms with E-state index in [-0.39, 0.29) is 12.4 Å². The molecule has 1 aromatic carbocycles. The minimum atomic E-state index is -0.335. The van der Waals surface area contributed by atoms with Crippen LogP contribution in [0.4, 0.5) is 4.39 Å². The standard InChI is InChI=1S/C11H11FN2O/c1-7-9(6-15)11(14-13-7)8-4-2-3-5-10(8)12/h2-5,15H,6H2,1H3,(H,13,14). The molecule has 0 radical (unpaired) electrons. The van der Waals surface area contributed by atoms with Gasteiger partial charge in [0.2, 0.25) is 0 Å². The zero-order valence-electron chi connectivity index (χ0n) is 8.29. The summed E-state index contributed by atoms with van der Waals surface area (Å²) in [6.45, 7) is 1.65. The molecule has 0 aliphatic carbocycles. The van der Waals surface area contributed by atoms with Gasteiger partial charge >= 0.3 is 0 Å². The summed E-state index contributed by atoms with van der Waals surface area (Å²) in [5.74, 6) is -0.335. The van der Waals surface area contributed by atoms with Crippen LogP contribution in [0.15, 0.2) is 24.3 Å². The Labute approximate surface area is 86.6 Å². The van der Waals surface area contributed by atoms with Crippen LogP contribution in [-0.4, -0.2) is 15.3 Å². The lowest BCUT2D eigenvalue weighted by molar-refractivity contribution is 0.281. The van der Waals surface area contributed by atoms with Crippen LogP contribution in [0.1, 0.15) is 11.3 Å². The van der Waals surface area contributed by atoms with Crippen molar-refractivity contribution in [3.8, 4) is 11.3 Å². The normalized spacial score (nSPS) is 10.6. The van der Waals surface area contributed by atoms with E-state index in [0.29, 0.717) is 16.8 Å². The molecular weight excluding hydrogens is 195 g/mol. The number of benzene rings is 1. The number of halogens is 1. The molecule has 0 unspecified atom stereocenters. The van der Waals surface area contributed by atoms with E-state index in [1.54, 1.807) is 25.1 Å². The maximum Gasteiger partial charge on any atom is 0.132 e. The zero-order chi connectivity index (χ0) is 10.8. The third-order valence-electron chi connectivity index (χ3n) is 2.36. The molecule has 0 atom stereocenters. The van der Waals surface area contributed by atoms with Crippen LogP contribution in [0.3, 0.4) is 0 Å². The first-order valence-electron chi connectivity index (χ1n) is 4.63. The summed E-state index contributed by atoms with van der Waals surface area (Å²) in [7, 11) is 0. The molecule has 0 bridgehead atoms. The number of aliphatic hydroxyl groups is 1. The van der Waals surface area contributed by atoms with Crippen molar-refractivity contribution in [3.63, 3.8) is 0 Å². The molecule has 4 heteroatoms. The fraction of sp³-hybridized carbons (Fsp3) is 0.182. The predicted octanol–water partition coefficient (Wildman–Crippen LogP) is 2.02.